The van der Waals surface area contributed by atoms with E-state index in [-0.39, 0.29) is 16.5 Å². The Kier molecular flexibility index (Phi) is 4.24. The van der Waals surface area contributed by atoms with Gasteiger partial charge in [-0.2, -0.15) is 0 Å². The number of benzene rings is 1. The highest BCUT2D eigenvalue weighted by Gasteiger charge is 2.26. The van der Waals surface area contributed by atoms with E-state index in [2.05, 4.69) is 10.2 Å². The number of hydrogen-bond acceptors (Lipinski definition) is 5. The number of carbonyl (C=O) groups is 1. The Balaban J connectivity index is 1.55. The largest absolute Gasteiger partial charge is 0.363 e. The van der Waals surface area contributed by atoms with E-state index in [0.29, 0.717) is 31.4 Å². The molecule has 1 saturated heterocycles. The van der Waals surface area contributed by atoms with Gasteiger partial charge in [0.25, 0.3) is 5.69 Å². The van der Waals surface area contributed by atoms with E-state index < -0.39 is 0 Å². The Labute approximate surface area is 129 Å². The first-order valence-corrected chi connectivity index (χ1v) is 7.63. The summed E-state index contributed by atoms with van der Waals surface area (Å²) >= 11 is 0. The van der Waals surface area contributed by atoms with Crippen LogP contribution in [0.1, 0.15) is 12.8 Å². The average Bonchev–Trinajstić information content (AvgIpc) is 3.32. The van der Waals surface area contributed by atoms with E-state index >= 15 is 0 Å². The quantitative estimate of drug-likeness (QED) is 0.648. The standard InChI is InChI=1S/C15H20N4O3/c20-15(16-12-5-6-12)11-17-7-9-18(10-8-17)13-3-1-2-4-14(13)19(21)22/h1-4,12H,5-11H2,(H,16,20). The molecule has 0 spiro atoms. The molecule has 1 aromatic carbocycles. The van der Waals surface area contributed by atoms with Crippen molar-refractivity contribution in [2.45, 2.75) is 18.9 Å². The lowest BCUT2D eigenvalue weighted by molar-refractivity contribution is -0.384. The molecule has 22 heavy (non-hydrogen) atoms. The van der Waals surface area contributed by atoms with E-state index in [1.165, 1.54) is 6.07 Å². The molecule has 1 heterocycles. The van der Waals surface area contributed by atoms with Gasteiger partial charge in [0.15, 0.2) is 0 Å². The molecular formula is C15H20N4O3. The summed E-state index contributed by atoms with van der Waals surface area (Å²) < 4.78 is 0. The molecule has 2 fully saturated rings. The van der Waals surface area contributed by atoms with Crippen LogP contribution in [0.4, 0.5) is 11.4 Å². The van der Waals surface area contributed by atoms with Crippen LogP contribution >= 0.6 is 0 Å². The molecule has 1 amide bonds. The van der Waals surface area contributed by atoms with Gasteiger partial charge in [0.1, 0.15) is 5.69 Å². The third-order valence-corrected chi connectivity index (χ3v) is 4.10. The maximum atomic E-state index is 11.8. The minimum absolute atomic E-state index is 0.0849. The van der Waals surface area contributed by atoms with Gasteiger partial charge in [-0.05, 0) is 18.9 Å². The van der Waals surface area contributed by atoms with Gasteiger partial charge < -0.3 is 10.2 Å². The number of nitro benzene ring substituents is 1. The van der Waals surface area contributed by atoms with Crippen molar-refractivity contribution in [1.29, 1.82) is 0 Å². The van der Waals surface area contributed by atoms with E-state index in [0.717, 1.165) is 25.9 Å². The molecule has 0 aromatic heterocycles. The lowest BCUT2D eigenvalue weighted by atomic mass is 10.2. The first-order chi connectivity index (χ1) is 10.6. The van der Waals surface area contributed by atoms with Crippen LogP contribution in [0.15, 0.2) is 24.3 Å². The van der Waals surface area contributed by atoms with Gasteiger partial charge >= 0.3 is 0 Å². The summed E-state index contributed by atoms with van der Waals surface area (Å²) in [6.07, 6.45) is 2.19. The predicted octanol–water partition coefficient (Wildman–Crippen LogP) is 0.995. The number of nitrogens with zero attached hydrogens (tertiary/aromatic N) is 3. The van der Waals surface area contributed by atoms with Crippen molar-refractivity contribution in [3.63, 3.8) is 0 Å². The van der Waals surface area contributed by atoms with E-state index in [9.17, 15) is 14.9 Å². The first kappa shape index (κ1) is 14.8. The number of anilines is 1. The summed E-state index contributed by atoms with van der Waals surface area (Å²) in [4.78, 5) is 26.7. The Bertz CT molecular complexity index is 566. The van der Waals surface area contributed by atoms with Gasteiger partial charge in [0.2, 0.25) is 5.91 Å². The summed E-state index contributed by atoms with van der Waals surface area (Å²) in [6.45, 7) is 3.29. The number of carbonyl (C=O) groups excluding carboxylic acids is 1. The second-order valence-corrected chi connectivity index (χ2v) is 5.85. The Morgan fingerprint density at radius 1 is 1.23 bits per heavy atom. The van der Waals surface area contributed by atoms with Crippen molar-refractivity contribution in [2.75, 3.05) is 37.6 Å². The topological polar surface area (TPSA) is 78.7 Å². The minimum Gasteiger partial charge on any atom is -0.363 e. The molecule has 2 aliphatic rings. The zero-order valence-corrected chi connectivity index (χ0v) is 12.4. The number of piperazine rings is 1. The van der Waals surface area contributed by atoms with Gasteiger partial charge in [0, 0.05) is 38.3 Å². The molecule has 1 saturated carbocycles. The Morgan fingerprint density at radius 3 is 2.55 bits per heavy atom. The van der Waals surface area contributed by atoms with E-state index in [4.69, 9.17) is 0 Å². The first-order valence-electron chi connectivity index (χ1n) is 7.63. The van der Waals surface area contributed by atoms with E-state index in [1.54, 1.807) is 12.1 Å². The van der Waals surface area contributed by atoms with Crippen LogP contribution < -0.4 is 10.2 Å². The molecule has 1 N–H and O–H groups in total. The molecule has 0 bridgehead atoms. The fourth-order valence-electron chi connectivity index (χ4n) is 2.74. The van der Waals surface area contributed by atoms with Crippen LogP contribution in [0, 0.1) is 10.1 Å². The lowest BCUT2D eigenvalue weighted by Crippen LogP contribution is -2.49. The fourth-order valence-corrected chi connectivity index (χ4v) is 2.74. The number of para-hydroxylation sites is 2. The second kappa shape index (κ2) is 6.31. The molecule has 7 heteroatoms. The van der Waals surface area contributed by atoms with Crippen molar-refractivity contribution in [3.05, 3.63) is 34.4 Å². The highest BCUT2D eigenvalue weighted by Crippen LogP contribution is 2.28. The second-order valence-electron chi connectivity index (χ2n) is 5.85. The molecule has 118 valence electrons. The summed E-state index contributed by atoms with van der Waals surface area (Å²) in [7, 11) is 0. The van der Waals surface area contributed by atoms with Crippen LogP contribution in [0.3, 0.4) is 0 Å². The molecule has 0 unspecified atom stereocenters. The normalized spacial score (nSPS) is 19.0. The number of rotatable bonds is 5. The van der Waals surface area contributed by atoms with Crippen LogP contribution in [0.2, 0.25) is 0 Å². The van der Waals surface area contributed by atoms with Crippen molar-refractivity contribution in [2.24, 2.45) is 0 Å². The predicted molar refractivity (Wildman–Crippen MR) is 82.9 cm³/mol. The maximum absolute atomic E-state index is 11.8. The van der Waals surface area contributed by atoms with Crippen LogP contribution in [0.5, 0.6) is 0 Å². The molecule has 0 radical (unpaired) electrons. The molecule has 7 nitrogen and oxygen atoms in total. The summed E-state index contributed by atoms with van der Waals surface area (Å²) in [5.41, 5.74) is 0.803. The lowest BCUT2D eigenvalue weighted by Gasteiger charge is -2.35. The number of nitrogens with one attached hydrogen (secondary N) is 1. The van der Waals surface area contributed by atoms with Crippen LogP contribution in [0.25, 0.3) is 0 Å². The zero-order chi connectivity index (χ0) is 15.5. The molecule has 3 rings (SSSR count). The summed E-state index contributed by atoms with van der Waals surface area (Å²) in [5, 5.41) is 14.1. The Hall–Kier alpha value is -2.15. The SMILES string of the molecule is O=C(CN1CCN(c2ccccc2[N+](=O)[O-])CC1)NC1CC1. The number of nitro groups is 1. The van der Waals surface area contributed by atoms with Crippen molar-refractivity contribution in [3.8, 4) is 0 Å². The zero-order valence-electron chi connectivity index (χ0n) is 12.4. The van der Waals surface area contributed by atoms with Crippen LogP contribution in [-0.4, -0.2) is 54.5 Å². The number of hydrogen-bond donors (Lipinski definition) is 1. The Morgan fingerprint density at radius 2 is 1.91 bits per heavy atom. The van der Waals surface area contributed by atoms with E-state index in [1.807, 2.05) is 11.0 Å². The average molecular weight is 304 g/mol. The summed E-state index contributed by atoms with van der Waals surface area (Å²) in [5.74, 6) is 0.0849. The van der Waals surface area contributed by atoms with Gasteiger partial charge in [-0.3, -0.25) is 19.8 Å². The van der Waals surface area contributed by atoms with Crippen LogP contribution in [-0.2, 0) is 4.79 Å². The highest BCUT2D eigenvalue weighted by atomic mass is 16.6. The third-order valence-electron chi connectivity index (χ3n) is 4.10. The van der Waals surface area contributed by atoms with Crippen molar-refractivity contribution >= 4 is 17.3 Å². The number of amides is 1. The smallest absolute Gasteiger partial charge is 0.292 e. The van der Waals surface area contributed by atoms with Gasteiger partial charge in [-0.25, -0.2) is 0 Å². The molecule has 1 aromatic rings. The van der Waals surface area contributed by atoms with Crippen molar-refractivity contribution in [1.82, 2.24) is 10.2 Å². The molecule has 1 aliphatic carbocycles. The monoisotopic (exact) mass is 304 g/mol. The van der Waals surface area contributed by atoms with Gasteiger partial charge in [-0.15, -0.1) is 0 Å². The van der Waals surface area contributed by atoms with Gasteiger partial charge in [-0.1, -0.05) is 12.1 Å². The third kappa shape index (κ3) is 3.54. The minimum atomic E-state index is -0.342. The molecule has 0 atom stereocenters. The summed E-state index contributed by atoms with van der Waals surface area (Å²) in [6, 6.07) is 7.21. The molecular weight excluding hydrogens is 284 g/mol. The maximum Gasteiger partial charge on any atom is 0.292 e. The fraction of sp³-hybridized carbons (Fsp3) is 0.533. The van der Waals surface area contributed by atoms with Gasteiger partial charge in [0.05, 0.1) is 11.5 Å². The molecule has 1 aliphatic heterocycles. The highest BCUT2D eigenvalue weighted by molar-refractivity contribution is 5.78. The van der Waals surface area contributed by atoms with Crippen molar-refractivity contribution < 1.29 is 9.72 Å².